The van der Waals surface area contributed by atoms with Crippen molar-refractivity contribution in [1.82, 2.24) is 15.0 Å². The Kier molecular flexibility index (Phi) is 4.95. The molecule has 0 aromatic carbocycles. The second-order valence-corrected chi connectivity index (χ2v) is 3.98. The molecule has 1 heterocycles. The molecule has 0 aliphatic carbocycles. The van der Waals surface area contributed by atoms with Crippen molar-refractivity contribution in [2.75, 3.05) is 17.2 Å². The maximum atomic E-state index is 4.37. The summed E-state index contributed by atoms with van der Waals surface area (Å²) in [5.74, 6) is 2.16. The molecular formula is C11H21N5. The Balaban J connectivity index is 2.88. The van der Waals surface area contributed by atoms with Gasteiger partial charge < -0.3 is 10.6 Å². The molecule has 0 aliphatic rings. The van der Waals surface area contributed by atoms with E-state index in [1.165, 1.54) is 0 Å². The Bertz CT molecular complexity index is 300. The highest BCUT2D eigenvalue weighted by atomic mass is 15.2. The van der Waals surface area contributed by atoms with E-state index in [0.717, 1.165) is 25.2 Å². The quantitative estimate of drug-likeness (QED) is 0.773. The first-order valence-corrected chi connectivity index (χ1v) is 5.91. The van der Waals surface area contributed by atoms with Gasteiger partial charge in [-0.15, -0.1) is 0 Å². The number of nitrogens with zero attached hydrogens (tertiary/aromatic N) is 3. The monoisotopic (exact) mass is 223 g/mol. The van der Waals surface area contributed by atoms with Gasteiger partial charge in [0.15, 0.2) is 0 Å². The fraction of sp³-hybridized carbons (Fsp3) is 0.727. The van der Waals surface area contributed by atoms with E-state index in [0.29, 0.717) is 17.9 Å². The maximum Gasteiger partial charge on any atom is 0.227 e. The zero-order chi connectivity index (χ0) is 12.0. The summed E-state index contributed by atoms with van der Waals surface area (Å²) in [6.45, 7) is 9.09. The van der Waals surface area contributed by atoms with Crippen molar-refractivity contribution in [3.8, 4) is 0 Å². The lowest BCUT2D eigenvalue weighted by Crippen LogP contribution is -2.16. The van der Waals surface area contributed by atoms with E-state index in [4.69, 9.17) is 0 Å². The number of aryl methyl sites for hydroxylation is 1. The van der Waals surface area contributed by atoms with Crippen LogP contribution in [0.25, 0.3) is 0 Å². The molecule has 5 heteroatoms. The van der Waals surface area contributed by atoms with Gasteiger partial charge in [-0.05, 0) is 27.2 Å². The third-order valence-electron chi connectivity index (χ3n) is 1.91. The van der Waals surface area contributed by atoms with Gasteiger partial charge in [0.2, 0.25) is 11.9 Å². The smallest absolute Gasteiger partial charge is 0.227 e. The molecule has 0 unspecified atom stereocenters. The number of nitrogens with one attached hydrogen (secondary N) is 2. The van der Waals surface area contributed by atoms with Crippen LogP contribution in [-0.4, -0.2) is 27.5 Å². The number of aromatic nitrogens is 3. The van der Waals surface area contributed by atoms with Crippen LogP contribution in [0.1, 0.15) is 39.9 Å². The van der Waals surface area contributed by atoms with E-state index in [-0.39, 0.29) is 0 Å². The summed E-state index contributed by atoms with van der Waals surface area (Å²) in [7, 11) is 0. The topological polar surface area (TPSA) is 62.7 Å². The Labute approximate surface area is 97.1 Å². The first-order chi connectivity index (χ1) is 7.65. The van der Waals surface area contributed by atoms with Gasteiger partial charge in [0.1, 0.15) is 5.82 Å². The van der Waals surface area contributed by atoms with Crippen molar-refractivity contribution < 1.29 is 0 Å². The van der Waals surface area contributed by atoms with E-state index in [2.05, 4.69) is 46.4 Å². The molecule has 16 heavy (non-hydrogen) atoms. The highest BCUT2D eigenvalue weighted by Gasteiger charge is 2.06. The van der Waals surface area contributed by atoms with Gasteiger partial charge in [-0.1, -0.05) is 6.92 Å². The minimum Gasteiger partial charge on any atom is -0.354 e. The Morgan fingerprint density at radius 2 is 1.75 bits per heavy atom. The standard InChI is InChI=1S/C11H21N5/c1-5-7-9-14-10(12-6-2)16-11(15-9)13-8(3)4/h8H,5-7H2,1-4H3,(H2,12,13,14,15,16). The van der Waals surface area contributed by atoms with Crippen LogP contribution >= 0.6 is 0 Å². The number of rotatable bonds is 6. The molecule has 0 saturated carbocycles. The summed E-state index contributed by atoms with van der Waals surface area (Å²) in [5, 5.41) is 6.32. The minimum absolute atomic E-state index is 0.325. The fourth-order valence-corrected chi connectivity index (χ4v) is 1.32. The van der Waals surface area contributed by atoms with Crippen LogP contribution in [0.5, 0.6) is 0 Å². The van der Waals surface area contributed by atoms with Crippen molar-refractivity contribution in [1.29, 1.82) is 0 Å². The van der Waals surface area contributed by atoms with Gasteiger partial charge in [0, 0.05) is 19.0 Å². The van der Waals surface area contributed by atoms with Crippen LogP contribution in [0.2, 0.25) is 0 Å². The van der Waals surface area contributed by atoms with Crippen molar-refractivity contribution >= 4 is 11.9 Å². The Morgan fingerprint density at radius 1 is 1.06 bits per heavy atom. The van der Waals surface area contributed by atoms with E-state index in [1.807, 2.05) is 6.92 Å². The van der Waals surface area contributed by atoms with Gasteiger partial charge >= 0.3 is 0 Å². The van der Waals surface area contributed by atoms with Crippen molar-refractivity contribution in [2.45, 2.75) is 46.6 Å². The van der Waals surface area contributed by atoms with Crippen LogP contribution in [0.4, 0.5) is 11.9 Å². The SMILES string of the molecule is CCCc1nc(NCC)nc(NC(C)C)n1. The lowest BCUT2D eigenvalue weighted by Gasteiger charge is -2.11. The zero-order valence-electron chi connectivity index (χ0n) is 10.5. The molecular weight excluding hydrogens is 202 g/mol. The molecule has 0 bridgehead atoms. The van der Waals surface area contributed by atoms with E-state index in [9.17, 15) is 0 Å². The first-order valence-electron chi connectivity index (χ1n) is 5.91. The van der Waals surface area contributed by atoms with Crippen LogP contribution in [0.15, 0.2) is 0 Å². The van der Waals surface area contributed by atoms with Crippen LogP contribution in [-0.2, 0) is 6.42 Å². The van der Waals surface area contributed by atoms with E-state index >= 15 is 0 Å². The molecule has 2 N–H and O–H groups in total. The van der Waals surface area contributed by atoms with Gasteiger partial charge in [-0.3, -0.25) is 0 Å². The maximum absolute atomic E-state index is 4.37. The second-order valence-electron chi connectivity index (χ2n) is 3.98. The van der Waals surface area contributed by atoms with Crippen LogP contribution in [0, 0.1) is 0 Å². The van der Waals surface area contributed by atoms with Crippen LogP contribution < -0.4 is 10.6 Å². The fourth-order valence-electron chi connectivity index (χ4n) is 1.32. The molecule has 90 valence electrons. The molecule has 0 saturated heterocycles. The Morgan fingerprint density at radius 3 is 2.31 bits per heavy atom. The minimum atomic E-state index is 0.325. The number of anilines is 2. The van der Waals surface area contributed by atoms with Crippen LogP contribution in [0.3, 0.4) is 0 Å². The average molecular weight is 223 g/mol. The summed E-state index contributed by atoms with van der Waals surface area (Å²) in [4.78, 5) is 13.0. The third kappa shape index (κ3) is 4.00. The van der Waals surface area contributed by atoms with Gasteiger partial charge in [-0.2, -0.15) is 15.0 Å². The summed E-state index contributed by atoms with van der Waals surface area (Å²) >= 11 is 0. The van der Waals surface area contributed by atoms with E-state index in [1.54, 1.807) is 0 Å². The lowest BCUT2D eigenvalue weighted by molar-refractivity contribution is 0.801. The average Bonchev–Trinajstić information content (AvgIpc) is 2.17. The highest BCUT2D eigenvalue weighted by Crippen LogP contribution is 2.08. The van der Waals surface area contributed by atoms with Gasteiger partial charge in [0.05, 0.1) is 0 Å². The summed E-state index contributed by atoms with van der Waals surface area (Å²) in [6, 6.07) is 0.325. The summed E-state index contributed by atoms with van der Waals surface area (Å²) in [5.41, 5.74) is 0. The predicted molar refractivity (Wildman–Crippen MR) is 66.7 cm³/mol. The number of hydrogen-bond donors (Lipinski definition) is 2. The van der Waals surface area contributed by atoms with Crippen molar-refractivity contribution in [3.63, 3.8) is 0 Å². The van der Waals surface area contributed by atoms with Crippen molar-refractivity contribution in [3.05, 3.63) is 5.82 Å². The normalized spacial score (nSPS) is 10.6. The van der Waals surface area contributed by atoms with Gasteiger partial charge in [0.25, 0.3) is 0 Å². The molecule has 0 spiro atoms. The molecule has 0 radical (unpaired) electrons. The molecule has 1 aromatic rings. The highest BCUT2D eigenvalue weighted by molar-refractivity contribution is 5.34. The molecule has 0 atom stereocenters. The van der Waals surface area contributed by atoms with Crippen molar-refractivity contribution in [2.24, 2.45) is 0 Å². The molecule has 1 rings (SSSR count). The van der Waals surface area contributed by atoms with Gasteiger partial charge in [-0.25, -0.2) is 0 Å². The van der Waals surface area contributed by atoms with E-state index < -0.39 is 0 Å². The second kappa shape index (κ2) is 6.25. The molecule has 0 aliphatic heterocycles. The Hall–Kier alpha value is -1.39. The third-order valence-corrected chi connectivity index (χ3v) is 1.91. The largest absolute Gasteiger partial charge is 0.354 e. The first kappa shape index (κ1) is 12.7. The lowest BCUT2D eigenvalue weighted by atomic mass is 10.3. The zero-order valence-corrected chi connectivity index (χ0v) is 10.5. The summed E-state index contributed by atoms with van der Waals surface area (Å²) < 4.78 is 0. The molecule has 0 fully saturated rings. The summed E-state index contributed by atoms with van der Waals surface area (Å²) in [6.07, 6.45) is 1.92. The number of hydrogen-bond acceptors (Lipinski definition) is 5. The predicted octanol–water partition coefficient (Wildman–Crippen LogP) is 2.08. The molecule has 5 nitrogen and oxygen atoms in total. The molecule has 1 aromatic heterocycles. The molecule has 0 amide bonds.